The number of aliphatic hydroxyl groups excluding tert-OH is 1. The van der Waals surface area contributed by atoms with Crippen LogP contribution < -0.4 is 0 Å². The van der Waals surface area contributed by atoms with Gasteiger partial charge in [0.25, 0.3) is 0 Å². The highest BCUT2D eigenvalue weighted by molar-refractivity contribution is 6.74. The predicted octanol–water partition coefficient (Wildman–Crippen LogP) is 2.38. The van der Waals surface area contributed by atoms with Gasteiger partial charge in [-0.1, -0.05) is 25.9 Å². The molecular formula is C16H29N3O7Si. The predicted molar refractivity (Wildman–Crippen MR) is 97.3 cm³/mol. The fraction of sp³-hybridized carbons (Fsp3) is 0.938. The molecule has 0 amide bonds. The van der Waals surface area contributed by atoms with Gasteiger partial charge in [-0.2, -0.15) is 0 Å². The summed E-state index contributed by atoms with van der Waals surface area (Å²) < 4.78 is 23.8. The van der Waals surface area contributed by atoms with Crippen LogP contribution in [0, 0.1) is 0 Å². The first-order valence-electron chi connectivity index (χ1n) is 8.84. The number of rotatable bonds is 6. The number of carboxylic acids is 1. The van der Waals surface area contributed by atoms with Crippen molar-refractivity contribution in [3.05, 3.63) is 10.4 Å². The molecule has 154 valence electrons. The van der Waals surface area contributed by atoms with E-state index in [4.69, 9.17) is 24.2 Å². The molecule has 2 saturated heterocycles. The fourth-order valence-electron chi connectivity index (χ4n) is 2.93. The zero-order valence-electron chi connectivity index (χ0n) is 16.7. The molecule has 10 nitrogen and oxygen atoms in total. The van der Waals surface area contributed by atoms with Crippen LogP contribution in [-0.2, 0) is 23.4 Å². The molecule has 0 saturated carbocycles. The lowest BCUT2D eigenvalue weighted by atomic mass is 10.0. The van der Waals surface area contributed by atoms with Gasteiger partial charge in [-0.05, 0) is 37.5 Å². The minimum Gasteiger partial charge on any atom is -0.481 e. The highest BCUT2D eigenvalue weighted by atomic mass is 28.4. The topological polar surface area (TPSA) is 143 Å². The molecule has 2 rings (SSSR count). The molecule has 2 aliphatic heterocycles. The average Bonchev–Trinajstić information content (AvgIpc) is 2.95. The third-order valence-electron chi connectivity index (χ3n) is 5.35. The lowest BCUT2D eigenvalue weighted by molar-refractivity contribution is -0.226. The smallest absolute Gasteiger partial charge is 0.315 e. The standard InChI is InChI=1S/C16H29N3O7Si/c1-15(2,3)27(6,7)26-11-10(9(20)8(13(21)22)18-19-17)23-14-12(11)24-16(4,5)25-14/h8-12,14,20H,1-7H3,(H,21,22)/t8-,9-,10+,11+,12+,14+/m0/s1. The summed E-state index contributed by atoms with van der Waals surface area (Å²) in [7, 11) is -2.32. The molecule has 0 radical (unpaired) electrons. The molecule has 0 bridgehead atoms. The van der Waals surface area contributed by atoms with E-state index in [1.54, 1.807) is 13.8 Å². The number of carbonyl (C=O) groups is 1. The molecule has 0 aromatic heterocycles. The second-order valence-corrected chi connectivity index (χ2v) is 13.6. The average molecular weight is 404 g/mol. The van der Waals surface area contributed by atoms with E-state index >= 15 is 0 Å². The molecule has 2 heterocycles. The molecule has 0 aromatic rings. The number of hydrogen-bond acceptors (Lipinski definition) is 7. The van der Waals surface area contributed by atoms with Crippen LogP contribution in [0.1, 0.15) is 34.6 Å². The van der Waals surface area contributed by atoms with Crippen LogP contribution in [0.25, 0.3) is 10.4 Å². The lowest BCUT2D eigenvalue weighted by Crippen LogP contribution is -2.54. The zero-order chi connectivity index (χ0) is 20.8. The van der Waals surface area contributed by atoms with Crippen molar-refractivity contribution in [1.29, 1.82) is 0 Å². The van der Waals surface area contributed by atoms with E-state index in [0.717, 1.165) is 0 Å². The van der Waals surface area contributed by atoms with Crippen molar-refractivity contribution in [1.82, 2.24) is 0 Å². The number of nitrogens with zero attached hydrogens (tertiary/aromatic N) is 3. The minimum atomic E-state index is -2.32. The zero-order valence-corrected chi connectivity index (χ0v) is 17.7. The van der Waals surface area contributed by atoms with E-state index < -0.39 is 56.8 Å². The van der Waals surface area contributed by atoms with Crippen LogP contribution in [0.5, 0.6) is 0 Å². The molecule has 27 heavy (non-hydrogen) atoms. The first-order valence-corrected chi connectivity index (χ1v) is 11.7. The Hall–Kier alpha value is -1.20. The Balaban J connectivity index is 2.35. The largest absolute Gasteiger partial charge is 0.481 e. The molecule has 2 N–H and O–H groups in total. The Kier molecular flexibility index (Phi) is 5.99. The van der Waals surface area contributed by atoms with Crippen molar-refractivity contribution in [3.8, 4) is 0 Å². The van der Waals surface area contributed by atoms with Gasteiger partial charge in [0.2, 0.25) is 0 Å². The molecule has 0 unspecified atom stereocenters. The summed E-state index contributed by atoms with van der Waals surface area (Å²) in [6, 6.07) is -1.71. The Bertz CT molecular complexity index is 628. The van der Waals surface area contributed by atoms with E-state index in [0.29, 0.717) is 0 Å². The second kappa shape index (κ2) is 7.32. The molecule has 6 atom stereocenters. The van der Waals surface area contributed by atoms with Crippen molar-refractivity contribution in [2.24, 2.45) is 5.11 Å². The van der Waals surface area contributed by atoms with Gasteiger partial charge in [-0.25, -0.2) is 0 Å². The summed E-state index contributed by atoms with van der Waals surface area (Å²) in [4.78, 5) is 13.9. The Morgan fingerprint density at radius 2 is 1.93 bits per heavy atom. The number of aliphatic hydroxyl groups is 1. The highest BCUT2D eigenvalue weighted by Gasteiger charge is 2.60. The van der Waals surface area contributed by atoms with E-state index in [-0.39, 0.29) is 5.04 Å². The quantitative estimate of drug-likeness (QED) is 0.300. The van der Waals surface area contributed by atoms with Crippen LogP contribution in [0.3, 0.4) is 0 Å². The summed E-state index contributed by atoms with van der Waals surface area (Å²) in [5.41, 5.74) is 8.64. The van der Waals surface area contributed by atoms with Gasteiger partial charge in [0, 0.05) is 4.91 Å². The molecule has 0 aromatic carbocycles. The maximum Gasteiger partial charge on any atom is 0.315 e. The third-order valence-corrected chi connectivity index (χ3v) is 9.83. The maximum absolute atomic E-state index is 11.4. The molecule has 2 fully saturated rings. The van der Waals surface area contributed by atoms with E-state index in [9.17, 15) is 15.0 Å². The summed E-state index contributed by atoms with van der Waals surface area (Å²) in [6.45, 7) is 13.7. The number of aliphatic carboxylic acids is 1. The normalized spacial score (nSPS) is 32.4. The number of hydrogen-bond donors (Lipinski definition) is 2. The van der Waals surface area contributed by atoms with Gasteiger partial charge >= 0.3 is 5.97 Å². The van der Waals surface area contributed by atoms with Crippen LogP contribution in [0.4, 0.5) is 0 Å². The van der Waals surface area contributed by atoms with Crippen molar-refractivity contribution in [2.75, 3.05) is 0 Å². The van der Waals surface area contributed by atoms with E-state index in [2.05, 4.69) is 30.8 Å². The number of azide groups is 1. The Morgan fingerprint density at radius 3 is 2.41 bits per heavy atom. The van der Waals surface area contributed by atoms with Crippen molar-refractivity contribution in [2.45, 2.75) is 95.3 Å². The number of ether oxygens (including phenoxy) is 3. The minimum absolute atomic E-state index is 0.132. The van der Waals surface area contributed by atoms with Crippen LogP contribution in [0.2, 0.25) is 18.1 Å². The van der Waals surface area contributed by atoms with Gasteiger partial charge in [-0.3, -0.25) is 4.79 Å². The van der Waals surface area contributed by atoms with Crippen LogP contribution >= 0.6 is 0 Å². The van der Waals surface area contributed by atoms with Crippen molar-refractivity contribution < 1.29 is 33.6 Å². The Labute approximate surface area is 159 Å². The number of carboxylic acid groups (broad SMARTS) is 1. The fourth-order valence-corrected chi connectivity index (χ4v) is 4.23. The van der Waals surface area contributed by atoms with Gasteiger partial charge in [-0.15, -0.1) is 0 Å². The van der Waals surface area contributed by atoms with Crippen molar-refractivity contribution >= 4 is 14.3 Å². The molecular weight excluding hydrogens is 374 g/mol. The Morgan fingerprint density at radius 1 is 1.33 bits per heavy atom. The van der Waals surface area contributed by atoms with Gasteiger partial charge in [0.05, 0.1) is 0 Å². The first kappa shape index (κ1) is 22.1. The third kappa shape index (κ3) is 4.45. The maximum atomic E-state index is 11.4. The highest BCUT2D eigenvalue weighted by Crippen LogP contribution is 2.44. The molecule has 11 heteroatoms. The van der Waals surface area contributed by atoms with Gasteiger partial charge < -0.3 is 28.8 Å². The first-order chi connectivity index (χ1) is 12.2. The van der Waals surface area contributed by atoms with E-state index in [1.807, 2.05) is 13.1 Å². The van der Waals surface area contributed by atoms with Gasteiger partial charge in [0.15, 0.2) is 26.4 Å². The molecule has 0 spiro atoms. The summed E-state index contributed by atoms with van der Waals surface area (Å²) in [6.07, 6.45) is -4.89. The monoisotopic (exact) mass is 403 g/mol. The SMILES string of the molecule is CC1(C)O[C@H]2O[C@H]([C@@H](O)[C@H](N=[N+]=[N-])C(=O)O)[C@@H](O[Si](C)(C)C(C)(C)C)[C@H]2O1. The summed E-state index contributed by atoms with van der Waals surface area (Å²) in [5.74, 6) is -2.34. The molecule has 2 aliphatic rings. The van der Waals surface area contributed by atoms with Crippen LogP contribution in [-0.4, -0.2) is 67.0 Å². The number of fused-ring (bicyclic) bond motifs is 1. The summed E-state index contributed by atoms with van der Waals surface area (Å²) in [5, 5.41) is 23.0. The lowest BCUT2D eigenvalue weighted by Gasteiger charge is -2.41. The summed E-state index contributed by atoms with van der Waals surface area (Å²) >= 11 is 0. The van der Waals surface area contributed by atoms with Crippen LogP contribution in [0.15, 0.2) is 5.11 Å². The van der Waals surface area contributed by atoms with Gasteiger partial charge in [0.1, 0.15) is 24.4 Å². The second-order valence-electron chi connectivity index (χ2n) is 8.89. The molecule has 0 aliphatic carbocycles. The van der Waals surface area contributed by atoms with Crippen molar-refractivity contribution in [3.63, 3.8) is 0 Å². The van der Waals surface area contributed by atoms with E-state index in [1.165, 1.54) is 0 Å².